The topological polar surface area (TPSA) is 41.6 Å². The van der Waals surface area contributed by atoms with Crippen LogP contribution >= 0.6 is 15.9 Å². The van der Waals surface area contributed by atoms with E-state index in [0.717, 1.165) is 36.0 Å². The first-order chi connectivity index (χ1) is 9.62. The van der Waals surface area contributed by atoms with Gasteiger partial charge in [0.25, 0.3) is 0 Å². The second-order valence-corrected chi connectivity index (χ2v) is 6.79. The fraction of sp³-hybridized carbons (Fsp3) is 0.750. The van der Waals surface area contributed by atoms with Gasteiger partial charge in [-0.1, -0.05) is 32.1 Å². The van der Waals surface area contributed by atoms with Gasteiger partial charge in [-0.2, -0.15) is 10.4 Å². The average molecular weight is 338 g/mol. The highest BCUT2D eigenvalue weighted by Gasteiger charge is 2.33. The molecule has 20 heavy (non-hydrogen) atoms. The Hall–Kier alpha value is -0.820. The minimum Gasteiger partial charge on any atom is -0.268 e. The molecule has 1 aromatic heterocycles. The van der Waals surface area contributed by atoms with Crippen LogP contribution in [-0.4, -0.2) is 9.78 Å². The second kappa shape index (κ2) is 6.76. The van der Waals surface area contributed by atoms with Gasteiger partial charge in [0.2, 0.25) is 0 Å². The number of aryl methyl sites for hydroxylation is 2. The van der Waals surface area contributed by atoms with E-state index in [9.17, 15) is 5.26 Å². The SMILES string of the molecule is CCn1nc(C)c(Br)c1CC1(C#N)CCCCCCC1. The van der Waals surface area contributed by atoms with Gasteiger partial charge in [0, 0.05) is 13.0 Å². The molecule has 1 heterocycles. The number of halogens is 1. The fourth-order valence-corrected chi connectivity index (χ4v) is 3.69. The molecule has 1 aromatic rings. The molecule has 0 amide bonds. The van der Waals surface area contributed by atoms with Crippen molar-refractivity contribution in [3.8, 4) is 6.07 Å². The van der Waals surface area contributed by atoms with Crippen molar-refractivity contribution in [3.05, 3.63) is 15.9 Å². The third-order valence-electron chi connectivity index (χ3n) is 4.51. The van der Waals surface area contributed by atoms with Gasteiger partial charge < -0.3 is 0 Å². The number of nitrogens with zero attached hydrogens (tertiary/aromatic N) is 3. The quantitative estimate of drug-likeness (QED) is 0.796. The summed E-state index contributed by atoms with van der Waals surface area (Å²) in [7, 11) is 0. The molecule has 1 saturated carbocycles. The lowest BCUT2D eigenvalue weighted by atomic mass is 9.74. The molecule has 0 unspecified atom stereocenters. The number of aromatic nitrogens is 2. The van der Waals surface area contributed by atoms with Gasteiger partial charge in [0.05, 0.1) is 27.3 Å². The number of rotatable bonds is 3. The smallest absolute Gasteiger partial charge is 0.0738 e. The maximum absolute atomic E-state index is 9.79. The molecule has 1 fully saturated rings. The summed E-state index contributed by atoms with van der Waals surface area (Å²) in [6, 6.07) is 2.66. The Morgan fingerprint density at radius 3 is 2.40 bits per heavy atom. The van der Waals surface area contributed by atoms with Gasteiger partial charge in [-0.05, 0) is 42.6 Å². The number of hydrogen-bond donors (Lipinski definition) is 0. The van der Waals surface area contributed by atoms with Gasteiger partial charge in [0.15, 0.2) is 0 Å². The maximum atomic E-state index is 9.79. The van der Waals surface area contributed by atoms with E-state index in [1.165, 1.54) is 37.8 Å². The molecule has 0 N–H and O–H groups in total. The molecule has 0 aliphatic heterocycles. The van der Waals surface area contributed by atoms with E-state index < -0.39 is 0 Å². The first-order valence-corrected chi connectivity index (χ1v) is 8.54. The summed E-state index contributed by atoms with van der Waals surface area (Å²) < 4.78 is 3.15. The number of hydrogen-bond acceptors (Lipinski definition) is 2. The summed E-state index contributed by atoms with van der Waals surface area (Å²) >= 11 is 3.66. The molecule has 0 radical (unpaired) electrons. The third kappa shape index (κ3) is 3.25. The van der Waals surface area contributed by atoms with Gasteiger partial charge in [-0.25, -0.2) is 0 Å². The van der Waals surface area contributed by atoms with Crippen molar-refractivity contribution >= 4 is 15.9 Å². The van der Waals surface area contributed by atoms with E-state index in [-0.39, 0.29) is 5.41 Å². The molecule has 0 atom stereocenters. The highest BCUT2D eigenvalue weighted by atomic mass is 79.9. The third-order valence-corrected chi connectivity index (χ3v) is 5.54. The lowest BCUT2D eigenvalue weighted by Crippen LogP contribution is -2.25. The molecule has 0 aromatic carbocycles. The van der Waals surface area contributed by atoms with Crippen molar-refractivity contribution in [2.24, 2.45) is 5.41 Å². The molecule has 1 aliphatic carbocycles. The molecule has 3 nitrogen and oxygen atoms in total. The Bertz CT molecular complexity index is 491. The Morgan fingerprint density at radius 2 is 1.85 bits per heavy atom. The molecular formula is C16H24BrN3. The normalized spacial score (nSPS) is 19.1. The van der Waals surface area contributed by atoms with Crippen molar-refractivity contribution in [1.29, 1.82) is 5.26 Å². The van der Waals surface area contributed by atoms with E-state index in [1.54, 1.807) is 0 Å². The van der Waals surface area contributed by atoms with E-state index in [0.29, 0.717) is 0 Å². The molecule has 0 spiro atoms. The van der Waals surface area contributed by atoms with Crippen LogP contribution in [0.5, 0.6) is 0 Å². The standard InChI is InChI=1S/C16H24BrN3/c1-3-20-14(15(17)13(2)19-20)11-16(12-18)9-7-5-4-6-8-10-16/h3-11H2,1-2H3. The minimum atomic E-state index is -0.192. The van der Waals surface area contributed by atoms with Crippen LogP contribution in [0, 0.1) is 23.7 Å². The summed E-state index contributed by atoms with van der Waals surface area (Å²) in [4.78, 5) is 0. The van der Waals surface area contributed by atoms with E-state index in [1.807, 2.05) is 6.92 Å². The van der Waals surface area contributed by atoms with Crippen LogP contribution in [0.3, 0.4) is 0 Å². The summed E-state index contributed by atoms with van der Waals surface area (Å²) in [5.41, 5.74) is 2.04. The summed E-state index contributed by atoms with van der Waals surface area (Å²) in [6.45, 7) is 5.00. The molecule has 110 valence electrons. The van der Waals surface area contributed by atoms with Crippen molar-refractivity contribution in [2.45, 2.75) is 71.8 Å². The average Bonchev–Trinajstić information content (AvgIpc) is 2.69. The van der Waals surface area contributed by atoms with E-state index in [4.69, 9.17) is 0 Å². The Labute approximate surface area is 130 Å². The lowest BCUT2D eigenvalue weighted by Gasteiger charge is -2.29. The summed E-state index contributed by atoms with van der Waals surface area (Å²) in [5.74, 6) is 0. The van der Waals surface area contributed by atoms with E-state index >= 15 is 0 Å². The first kappa shape index (κ1) is 15.6. The first-order valence-electron chi connectivity index (χ1n) is 7.75. The van der Waals surface area contributed by atoms with Crippen molar-refractivity contribution in [3.63, 3.8) is 0 Å². The van der Waals surface area contributed by atoms with Crippen LogP contribution in [0.2, 0.25) is 0 Å². The van der Waals surface area contributed by atoms with Gasteiger partial charge in [-0.3, -0.25) is 4.68 Å². The van der Waals surface area contributed by atoms with E-state index in [2.05, 4.69) is 38.7 Å². The van der Waals surface area contributed by atoms with Crippen LogP contribution < -0.4 is 0 Å². The van der Waals surface area contributed by atoms with Crippen LogP contribution in [0.25, 0.3) is 0 Å². The monoisotopic (exact) mass is 337 g/mol. The Morgan fingerprint density at radius 1 is 1.25 bits per heavy atom. The van der Waals surface area contributed by atoms with Crippen molar-refractivity contribution in [2.75, 3.05) is 0 Å². The van der Waals surface area contributed by atoms with Gasteiger partial charge in [0.1, 0.15) is 0 Å². The van der Waals surface area contributed by atoms with Gasteiger partial charge in [-0.15, -0.1) is 0 Å². The predicted molar refractivity (Wildman–Crippen MR) is 84.4 cm³/mol. The Kier molecular flexibility index (Phi) is 5.26. The number of nitriles is 1. The van der Waals surface area contributed by atoms with Crippen molar-refractivity contribution in [1.82, 2.24) is 9.78 Å². The molecular weight excluding hydrogens is 314 g/mol. The summed E-state index contributed by atoms with van der Waals surface area (Å²) in [6.07, 6.45) is 9.14. The highest BCUT2D eigenvalue weighted by molar-refractivity contribution is 9.10. The maximum Gasteiger partial charge on any atom is 0.0738 e. The molecule has 1 aliphatic rings. The van der Waals surface area contributed by atoms with Crippen molar-refractivity contribution < 1.29 is 0 Å². The molecule has 2 rings (SSSR count). The minimum absolute atomic E-state index is 0.192. The summed E-state index contributed by atoms with van der Waals surface area (Å²) in [5, 5.41) is 14.3. The largest absolute Gasteiger partial charge is 0.268 e. The zero-order valence-corrected chi connectivity index (χ0v) is 14.2. The van der Waals surface area contributed by atoms with Crippen LogP contribution in [0.1, 0.15) is 63.3 Å². The fourth-order valence-electron chi connectivity index (χ4n) is 3.27. The van der Waals surface area contributed by atoms with Crippen LogP contribution in [-0.2, 0) is 13.0 Å². The predicted octanol–water partition coefficient (Wildman–Crippen LogP) is 4.77. The molecule has 0 saturated heterocycles. The van der Waals surface area contributed by atoms with Gasteiger partial charge >= 0.3 is 0 Å². The van der Waals surface area contributed by atoms with Crippen LogP contribution in [0.4, 0.5) is 0 Å². The molecule has 4 heteroatoms. The highest BCUT2D eigenvalue weighted by Crippen LogP contribution is 2.38. The lowest BCUT2D eigenvalue weighted by molar-refractivity contribution is 0.280. The Balaban J connectivity index is 2.27. The van der Waals surface area contributed by atoms with Crippen LogP contribution in [0.15, 0.2) is 4.47 Å². The zero-order chi connectivity index (χ0) is 14.6. The second-order valence-electron chi connectivity index (χ2n) is 6.00. The molecule has 0 bridgehead atoms. The zero-order valence-electron chi connectivity index (χ0n) is 12.6.